The summed E-state index contributed by atoms with van der Waals surface area (Å²) in [7, 11) is 3.22. The van der Waals surface area contributed by atoms with Crippen LogP contribution in [0.3, 0.4) is 0 Å². The Kier molecular flexibility index (Phi) is 4.13. The molecule has 28 heavy (non-hydrogen) atoms. The first-order valence-corrected chi connectivity index (χ1v) is 8.00. The second-order valence-corrected chi connectivity index (χ2v) is 5.78. The van der Waals surface area contributed by atoms with Crippen LogP contribution < -0.4 is 9.47 Å². The van der Waals surface area contributed by atoms with Crippen LogP contribution in [0.1, 0.15) is 0 Å². The first-order chi connectivity index (χ1) is 13.3. The predicted octanol–water partition coefficient (Wildman–Crippen LogP) is 3.12. The molecule has 0 aliphatic carbocycles. The highest BCUT2D eigenvalue weighted by Gasteiger charge is 2.31. The molecule has 11 heteroatoms. The van der Waals surface area contributed by atoms with Crippen LogP contribution in [0.15, 0.2) is 42.6 Å². The molecule has 0 N–H and O–H groups in total. The molecule has 0 aliphatic heterocycles. The molecule has 3 heterocycles. The normalized spacial score (nSPS) is 11.8. The smallest absolute Gasteiger partial charge is 0.480 e. The third kappa shape index (κ3) is 3.33. The van der Waals surface area contributed by atoms with Crippen LogP contribution in [0.5, 0.6) is 11.6 Å². The molecule has 144 valence electrons. The predicted molar refractivity (Wildman–Crippen MR) is 92.1 cm³/mol. The quantitative estimate of drug-likeness (QED) is 0.533. The largest absolute Gasteiger partial charge is 0.573 e. The van der Waals surface area contributed by atoms with E-state index in [2.05, 4.69) is 25.0 Å². The molecule has 4 aromatic rings. The molecule has 0 bridgehead atoms. The Hall–Kier alpha value is -3.63. The lowest BCUT2D eigenvalue weighted by Gasteiger charge is -2.09. The average molecular weight is 390 g/mol. The number of fused-ring (bicyclic) bond motifs is 1. The minimum absolute atomic E-state index is 0.292. The van der Waals surface area contributed by atoms with Gasteiger partial charge in [-0.2, -0.15) is 5.10 Å². The summed E-state index contributed by atoms with van der Waals surface area (Å²) in [6.45, 7) is 0. The molecule has 0 aliphatic rings. The van der Waals surface area contributed by atoms with Gasteiger partial charge < -0.3 is 9.47 Å². The Bertz CT molecular complexity index is 1130. The number of imidazole rings is 1. The van der Waals surface area contributed by atoms with E-state index in [0.717, 1.165) is 0 Å². The Morgan fingerprint density at radius 2 is 1.86 bits per heavy atom. The Labute approximate surface area is 156 Å². The molecule has 0 unspecified atom stereocenters. The Morgan fingerprint density at radius 1 is 1.04 bits per heavy atom. The first-order valence-electron chi connectivity index (χ1n) is 8.00. The lowest BCUT2D eigenvalue weighted by atomic mass is 10.3. The van der Waals surface area contributed by atoms with Crippen molar-refractivity contribution in [2.75, 3.05) is 7.11 Å². The number of rotatable bonds is 4. The van der Waals surface area contributed by atoms with Gasteiger partial charge >= 0.3 is 6.36 Å². The summed E-state index contributed by atoms with van der Waals surface area (Å²) in [4.78, 5) is 4.45. The second-order valence-electron chi connectivity index (χ2n) is 5.78. The van der Waals surface area contributed by atoms with Crippen LogP contribution in [0.2, 0.25) is 0 Å². The van der Waals surface area contributed by atoms with Gasteiger partial charge in [0.1, 0.15) is 11.4 Å². The number of methoxy groups -OCH3 is 1. The maximum Gasteiger partial charge on any atom is 0.573 e. The average Bonchev–Trinajstić information content (AvgIpc) is 3.23. The lowest BCUT2D eigenvalue weighted by molar-refractivity contribution is -0.274. The highest BCUT2D eigenvalue weighted by atomic mass is 19.4. The van der Waals surface area contributed by atoms with Crippen molar-refractivity contribution in [3.63, 3.8) is 0 Å². The van der Waals surface area contributed by atoms with Crippen molar-refractivity contribution in [2.24, 2.45) is 7.05 Å². The summed E-state index contributed by atoms with van der Waals surface area (Å²) < 4.78 is 49.9. The molecular weight excluding hydrogens is 377 g/mol. The van der Waals surface area contributed by atoms with Crippen molar-refractivity contribution >= 4 is 11.0 Å². The zero-order valence-corrected chi connectivity index (χ0v) is 14.7. The Morgan fingerprint density at radius 3 is 2.46 bits per heavy atom. The third-order valence-electron chi connectivity index (χ3n) is 3.87. The van der Waals surface area contributed by atoms with Gasteiger partial charge in [-0.15, -0.1) is 23.4 Å². The summed E-state index contributed by atoms with van der Waals surface area (Å²) in [6, 6.07) is 8.93. The van der Waals surface area contributed by atoms with Crippen LogP contribution in [-0.2, 0) is 7.05 Å². The van der Waals surface area contributed by atoms with Crippen molar-refractivity contribution in [1.29, 1.82) is 0 Å². The molecule has 0 fully saturated rings. The van der Waals surface area contributed by atoms with Crippen LogP contribution in [0, 0.1) is 0 Å². The van der Waals surface area contributed by atoms with E-state index < -0.39 is 6.36 Å². The van der Waals surface area contributed by atoms with E-state index in [0.29, 0.717) is 34.2 Å². The SMILES string of the molecule is COc1ccc(-n2c(-c3ccn(C)n3)nc3cc(OC(F)(F)F)ccc32)nn1. The standard InChI is InChI=1S/C17H13F3N6O2/c1-25-8-7-11(24-25)16-21-12-9-10(28-17(18,19)20)3-4-13(12)26(16)14-5-6-15(27-2)23-22-14/h3-9H,1-2H3. The van der Waals surface area contributed by atoms with Gasteiger partial charge in [0, 0.05) is 25.4 Å². The lowest BCUT2D eigenvalue weighted by Crippen LogP contribution is -2.17. The van der Waals surface area contributed by atoms with Crippen LogP contribution in [-0.4, -0.2) is 43.0 Å². The first kappa shape index (κ1) is 17.8. The molecule has 0 atom stereocenters. The molecule has 0 radical (unpaired) electrons. The van der Waals surface area contributed by atoms with E-state index in [1.165, 1.54) is 25.3 Å². The van der Waals surface area contributed by atoms with Crippen molar-refractivity contribution in [3.05, 3.63) is 42.6 Å². The zero-order chi connectivity index (χ0) is 19.9. The minimum Gasteiger partial charge on any atom is -0.480 e. The van der Waals surface area contributed by atoms with Crippen LogP contribution >= 0.6 is 0 Å². The molecule has 0 saturated carbocycles. The van der Waals surface area contributed by atoms with Gasteiger partial charge in [-0.05, 0) is 24.3 Å². The van der Waals surface area contributed by atoms with Crippen LogP contribution in [0.4, 0.5) is 13.2 Å². The van der Waals surface area contributed by atoms with Gasteiger partial charge in [0.25, 0.3) is 0 Å². The highest BCUT2D eigenvalue weighted by molar-refractivity contribution is 5.83. The summed E-state index contributed by atoms with van der Waals surface area (Å²) in [6.07, 6.45) is -3.06. The summed E-state index contributed by atoms with van der Waals surface area (Å²) in [5.41, 5.74) is 1.34. The monoisotopic (exact) mass is 390 g/mol. The Balaban J connectivity index is 1.91. The van der Waals surface area contributed by atoms with Gasteiger partial charge in [-0.1, -0.05) is 0 Å². The second kappa shape index (κ2) is 6.51. The van der Waals surface area contributed by atoms with Gasteiger partial charge in [-0.25, -0.2) is 4.98 Å². The number of benzene rings is 1. The zero-order valence-electron chi connectivity index (χ0n) is 14.7. The minimum atomic E-state index is -4.79. The number of aromatic nitrogens is 6. The third-order valence-corrected chi connectivity index (χ3v) is 3.87. The summed E-state index contributed by atoms with van der Waals surface area (Å²) >= 11 is 0. The number of aryl methyl sites for hydroxylation is 1. The molecule has 0 spiro atoms. The number of hydrogen-bond acceptors (Lipinski definition) is 6. The van der Waals surface area contributed by atoms with Crippen molar-refractivity contribution in [2.45, 2.75) is 6.36 Å². The van der Waals surface area contributed by atoms with E-state index in [-0.39, 0.29) is 5.75 Å². The summed E-state index contributed by atoms with van der Waals surface area (Å²) in [5.74, 6) is 0.777. The van der Waals surface area contributed by atoms with Gasteiger partial charge in [0.2, 0.25) is 5.88 Å². The van der Waals surface area contributed by atoms with E-state index in [4.69, 9.17) is 4.74 Å². The number of alkyl halides is 3. The van der Waals surface area contributed by atoms with Crippen molar-refractivity contribution in [1.82, 2.24) is 29.5 Å². The van der Waals surface area contributed by atoms with Gasteiger partial charge in [-0.3, -0.25) is 9.25 Å². The fourth-order valence-electron chi connectivity index (χ4n) is 2.74. The van der Waals surface area contributed by atoms with Crippen molar-refractivity contribution < 1.29 is 22.6 Å². The number of ether oxygens (including phenoxy) is 2. The molecular formula is C17H13F3N6O2. The molecule has 1 aromatic carbocycles. The molecule has 3 aromatic heterocycles. The van der Waals surface area contributed by atoms with E-state index in [9.17, 15) is 13.2 Å². The topological polar surface area (TPSA) is 79.9 Å². The molecule has 8 nitrogen and oxygen atoms in total. The van der Waals surface area contributed by atoms with Gasteiger partial charge in [0.15, 0.2) is 11.6 Å². The van der Waals surface area contributed by atoms with Gasteiger partial charge in [0.05, 0.1) is 18.1 Å². The van der Waals surface area contributed by atoms with Crippen molar-refractivity contribution in [3.8, 4) is 29.0 Å². The van der Waals surface area contributed by atoms with E-state index >= 15 is 0 Å². The maximum absolute atomic E-state index is 12.5. The highest BCUT2D eigenvalue weighted by Crippen LogP contribution is 2.31. The van der Waals surface area contributed by atoms with Crippen LogP contribution in [0.25, 0.3) is 28.4 Å². The molecule has 4 rings (SSSR count). The number of hydrogen-bond donors (Lipinski definition) is 0. The molecule has 0 amide bonds. The fraction of sp³-hybridized carbons (Fsp3) is 0.176. The molecule has 0 saturated heterocycles. The summed E-state index contributed by atoms with van der Waals surface area (Å²) in [5, 5.41) is 12.4. The maximum atomic E-state index is 12.5. The number of nitrogens with zero attached hydrogens (tertiary/aromatic N) is 6. The fourth-order valence-corrected chi connectivity index (χ4v) is 2.74. The van der Waals surface area contributed by atoms with E-state index in [1.54, 1.807) is 40.7 Å². The van der Waals surface area contributed by atoms with E-state index in [1.807, 2.05) is 0 Å². The number of halogens is 3.